The molecule has 0 saturated carbocycles. The second-order valence-electron chi connectivity index (χ2n) is 3.72. The summed E-state index contributed by atoms with van der Waals surface area (Å²) in [5.41, 5.74) is 4.84. The normalized spacial score (nSPS) is 29.5. The van der Waals surface area contributed by atoms with E-state index in [0.29, 0.717) is 0 Å². The predicted molar refractivity (Wildman–Crippen MR) is 54.7 cm³/mol. The lowest BCUT2D eigenvalue weighted by Crippen LogP contribution is -2.36. The van der Waals surface area contributed by atoms with Crippen molar-refractivity contribution in [2.75, 3.05) is 12.3 Å². The number of hydrogen-bond donors (Lipinski definition) is 3. The van der Waals surface area contributed by atoms with Crippen LogP contribution in [-0.4, -0.2) is 44.7 Å². The first-order valence-corrected chi connectivity index (χ1v) is 4.88. The molecular weight excluding hydrogens is 214 g/mol. The molecule has 7 heteroatoms. The van der Waals surface area contributed by atoms with Gasteiger partial charge in [-0.2, -0.15) is 4.98 Å². The first-order valence-electron chi connectivity index (χ1n) is 4.88. The van der Waals surface area contributed by atoms with Crippen LogP contribution in [0.15, 0.2) is 17.1 Å². The standard InChI is InChI=1S/C9H13N3O4/c10-7-1-2-12(9(15)11-7)3-6-8(14)5(13)4-16-6/h1-2,5-6,8,13-14H,3-4H2,(H2,10,11,15). The molecule has 1 aromatic heterocycles. The lowest BCUT2D eigenvalue weighted by atomic mass is 10.1. The molecule has 2 rings (SSSR count). The molecule has 0 radical (unpaired) electrons. The zero-order valence-corrected chi connectivity index (χ0v) is 8.48. The Kier molecular flexibility index (Phi) is 2.90. The molecule has 1 aliphatic heterocycles. The number of ether oxygens (including phenoxy) is 1. The van der Waals surface area contributed by atoms with Crippen LogP contribution in [0.5, 0.6) is 0 Å². The highest BCUT2D eigenvalue weighted by atomic mass is 16.5. The Bertz CT molecular complexity index is 433. The van der Waals surface area contributed by atoms with Crippen LogP contribution < -0.4 is 11.4 Å². The Morgan fingerprint density at radius 2 is 2.38 bits per heavy atom. The van der Waals surface area contributed by atoms with Gasteiger partial charge in [-0.05, 0) is 6.07 Å². The highest BCUT2D eigenvalue weighted by Crippen LogP contribution is 2.15. The van der Waals surface area contributed by atoms with Crippen LogP contribution in [0.4, 0.5) is 5.82 Å². The quantitative estimate of drug-likeness (QED) is 0.536. The fourth-order valence-corrected chi connectivity index (χ4v) is 1.60. The van der Waals surface area contributed by atoms with Gasteiger partial charge in [0.25, 0.3) is 0 Å². The van der Waals surface area contributed by atoms with Gasteiger partial charge in [0.05, 0.1) is 13.2 Å². The van der Waals surface area contributed by atoms with Gasteiger partial charge >= 0.3 is 5.69 Å². The van der Waals surface area contributed by atoms with E-state index < -0.39 is 24.0 Å². The van der Waals surface area contributed by atoms with Crippen LogP contribution in [-0.2, 0) is 11.3 Å². The lowest BCUT2D eigenvalue weighted by molar-refractivity contribution is 0.0146. The smallest absolute Gasteiger partial charge is 0.349 e. The maximum Gasteiger partial charge on any atom is 0.349 e. The van der Waals surface area contributed by atoms with Crippen LogP contribution >= 0.6 is 0 Å². The molecule has 88 valence electrons. The monoisotopic (exact) mass is 227 g/mol. The van der Waals surface area contributed by atoms with Gasteiger partial charge in [0.15, 0.2) is 0 Å². The Balaban J connectivity index is 2.13. The fourth-order valence-electron chi connectivity index (χ4n) is 1.60. The number of aliphatic hydroxyl groups excluding tert-OH is 2. The number of nitrogens with zero attached hydrogens (tertiary/aromatic N) is 2. The molecule has 0 amide bonds. The average Bonchev–Trinajstić information content (AvgIpc) is 2.54. The first-order chi connectivity index (χ1) is 7.58. The molecule has 1 saturated heterocycles. The van der Waals surface area contributed by atoms with Crippen LogP contribution in [0.3, 0.4) is 0 Å². The summed E-state index contributed by atoms with van der Waals surface area (Å²) in [5, 5.41) is 18.8. The molecule has 16 heavy (non-hydrogen) atoms. The zero-order valence-electron chi connectivity index (χ0n) is 8.48. The molecule has 0 aliphatic carbocycles. The van der Waals surface area contributed by atoms with E-state index >= 15 is 0 Å². The molecule has 7 nitrogen and oxygen atoms in total. The molecule has 0 aromatic carbocycles. The topological polar surface area (TPSA) is 111 Å². The summed E-state index contributed by atoms with van der Waals surface area (Å²) < 4.78 is 6.43. The molecule has 3 atom stereocenters. The third-order valence-electron chi connectivity index (χ3n) is 2.53. The summed E-state index contributed by atoms with van der Waals surface area (Å²) in [7, 11) is 0. The van der Waals surface area contributed by atoms with Crippen molar-refractivity contribution in [1.29, 1.82) is 0 Å². The Morgan fingerprint density at radius 1 is 1.62 bits per heavy atom. The lowest BCUT2D eigenvalue weighted by Gasteiger charge is -2.15. The Labute approximate surface area is 91.1 Å². The minimum absolute atomic E-state index is 0.0724. The van der Waals surface area contributed by atoms with Gasteiger partial charge in [-0.25, -0.2) is 4.79 Å². The average molecular weight is 227 g/mol. The van der Waals surface area contributed by atoms with Crippen molar-refractivity contribution in [2.24, 2.45) is 0 Å². The first kappa shape index (κ1) is 11.1. The maximum absolute atomic E-state index is 11.4. The van der Waals surface area contributed by atoms with E-state index in [2.05, 4.69) is 4.98 Å². The minimum Gasteiger partial charge on any atom is -0.388 e. The largest absolute Gasteiger partial charge is 0.388 e. The molecule has 1 fully saturated rings. The molecule has 4 N–H and O–H groups in total. The second-order valence-corrected chi connectivity index (χ2v) is 3.72. The molecular formula is C9H13N3O4. The Morgan fingerprint density at radius 3 is 2.94 bits per heavy atom. The SMILES string of the molecule is Nc1ccn(CC2OCC(O)C2O)c(=O)n1. The van der Waals surface area contributed by atoms with Crippen molar-refractivity contribution in [1.82, 2.24) is 9.55 Å². The third kappa shape index (κ3) is 2.06. The van der Waals surface area contributed by atoms with Crippen molar-refractivity contribution < 1.29 is 14.9 Å². The van der Waals surface area contributed by atoms with E-state index in [1.165, 1.54) is 16.8 Å². The van der Waals surface area contributed by atoms with Gasteiger partial charge in [-0.3, -0.25) is 4.57 Å². The Hall–Kier alpha value is -1.44. The van der Waals surface area contributed by atoms with Crippen molar-refractivity contribution in [3.05, 3.63) is 22.7 Å². The minimum atomic E-state index is -0.982. The number of aromatic nitrogens is 2. The van der Waals surface area contributed by atoms with Crippen molar-refractivity contribution in [3.63, 3.8) is 0 Å². The van der Waals surface area contributed by atoms with E-state index in [1.807, 2.05) is 0 Å². The summed E-state index contributed by atoms with van der Waals surface area (Å²) in [6, 6.07) is 1.49. The van der Waals surface area contributed by atoms with Crippen LogP contribution in [0, 0.1) is 0 Å². The number of rotatable bonds is 2. The number of aliphatic hydroxyl groups is 2. The van der Waals surface area contributed by atoms with E-state index in [0.717, 1.165) is 0 Å². The number of hydrogen-bond acceptors (Lipinski definition) is 6. The van der Waals surface area contributed by atoms with Gasteiger partial charge < -0.3 is 20.7 Å². The van der Waals surface area contributed by atoms with E-state index in [4.69, 9.17) is 10.5 Å². The molecule has 1 aromatic rings. The number of nitrogens with two attached hydrogens (primary N) is 1. The summed E-state index contributed by atoms with van der Waals surface area (Å²) in [6.45, 7) is 0.216. The molecule has 0 bridgehead atoms. The van der Waals surface area contributed by atoms with Crippen LogP contribution in [0.1, 0.15) is 0 Å². The van der Waals surface area contributed by atoms with Crippen molar-refractivity contribution in [2.45, 2.75) is 24.9 Å². The predicted octanol–water partition coefficient (Wildman–Crippen LogP) is -2.05. The fraction of sp³-hybridized carbons (Fsp3) is 0.556. The summed E-state index contributed by atoms with van der Waals surface area (Å²) in [4.78, 5) is 14.9. The zero-order chi connectivity index (χ0) is 11.7. The summed E-state index contributed by atoms with van der Waals surface area (Å²) in [6.07, 6.45) is -1.00. The van der Waals surface area contributed by atoms with Gasteiger partial charge in [-0.15, -0.1) is 0 Å². The highest BCUT2D eigenvalue weighted by molar-refractivity contribution is 5.23. The second kappa shape index (κ2) is 4.20. The number of nitrogen functional groups attached to an aromatic ring is 1. The van der Waals surface area contributed by atoms with Gasteiger partial charge in [0.1, 0.15) is 24.1 Å². The van der Waals surface area contributed by atoms with E-state index in [1.54, 1.807) is 0 Å². The maximum atomic E-state index is 11.4. The molecule has 2 heterocycles. The van der Waals surface area contributed by atoms with Crippen LogP contribution in [0.2, 0.25) is 0 Å². The third-order valence-corrected chi connectivity index (χ3v) is 2.53. The van der Waals surface area contributed by atoms with Gasteiger partial charge in [0.2, 0.25) is 0 Å². The molecule has 1 aliphatic rings. The van der Waals surface area contributed by atoms with Gasteiger partial charge in [0, 0.05) is 6.20 Å². The van der Waals surface area contributed by atoms with Crippen molar-refractivity contribution >= 4 is 5.82 Å². The van der Waals surface area contributed by atoms with Crippen molar-refractivity contribution in [3.8, 4) is 0 Å². The molecule has 0 spiro atoms. The number of anilines is 1. The van der Waals surface area contributed by atoms with Crippen LogP contribution in [0.25, 0.3) is 0 Å². The van der Waals surface area contributed by atoms with E-state index in [9.17, 15) is 15.0 Å². The van der Waals surface area contributed by atoms with Gasteiger partial charge in [-0.1, -0.05) is 0 Å². The van der Waals surface area contributed by atoms with E-state index in [-0.39, 0.29) is 19.0 Å². The molecule has 3 unspecified atom stereocenters. The summed E-state index contributed by atoms with van der Waals surface area (Å²) >= 11 is 0. The summed E-state index contributed by atoms with van der Waals surface area (Å²) in [5.74, 6) is 0.147. The highest BCUT2D eigenvalue weighted by Gasteiger charge is 2.34.